The summed E-state index contributed by atoms with van der Waals surface area (Å²) in [5, 5.41) is 11.5. The zero-order valence-electron chi connectivity index (χ0n) is 11.4. The summed E-state index contributed by atoms with van der Waals surface area (Å²) >= 11 is 1.17. The molecule has 0 aliphatic carbocycles. The highest BCUT2D eigenvalue weighted by Gasteiger charge is 2.35. The first-order valence-electron chi connectivity index (χ1n) is 6.09. The third kappa shape index (κ3) is 2.36. The summed E-state index contributed by atoms with van der Waals surface area (Å²) in [4.78, 5) is 23.1. The maximum atomic E-state index is 12.0. The molecule has 1 aromatic carbocycles. The predicted molar refractivity (Wildman–Crippen MR) is 75.9 cm³/mol. The van der Waals surface area contributed by atoms with Crippen LogP contribution in [0.4, 0.5) is 5.69 Å². The van der Waals surface area contributed by atoms with Gasteiger partial charge in [0.1, 0.15) is 0 Å². The number of nitro groups is 1. The topological polar surface area (TPSA) is 82.3 Å². The van der Waals surface area contributed by atoms with Crippen molar-refractivity contribution in [2.24, 2.45) is 0 Å². The minimum atomic E-state index is -0.884. The SMILES string of the molecule is CCOC(=O)C(C)(C)c1snc2ccc([N+](=O)[O-])cc12. The molecule has 0 N–H and O–H groups in total. The van der Waals surface area contributed by atoms with Crippen LogP contribution in [0.15, 0.2) is 18.2 Å². The molecule has 0 fully saturated rings. The molecular formula is C13H14N2O4S. The van der Waals surface area contributed by atoms with E-state index in [0.717, 1.165) is 0 Å². The molecule has 20 heavy (non-hydrogen) atoms. The lowest BCUT2D eigenvalue weighted by atomic mass is 9.89. The van der Waals surface area contributed by atoms with Crippen molar-refractivity contribution < 1.29 is 14.5 Å². The number of carbonyl (C=O) groups excluding carboxylic acids is 1. The Balaban J connectivity index is 2.56. The first-order valence-corrected chi connectivity index (χ1v) is 6.86. The number of nitro benzene ring substituents is 1. The number of benzene rings is 1. The Morgan fingerprint density at radius 2 is 2.20 bits per heavy atom. The summed E-state index contributed by atoms with van der Waals surface area (Å²) < 4.78 is 9.30. The van der Waals surface area contributed by atoms with Gasteiger partial charge in [0.15, 0.2) is 0 Å². The third-order valence-electron chi connectivity index (χ3n) is 3.02. The highest BCUT2D eigenvalue weighted by Crippen LogP contribution is 2.36. The molecular weight excluding hydrogens is 280 g/mol. The van der Waals surface area contributed by atoms with Gasteiger partial charge >= 0.3 is 5.97 Å². The fourth-order valence-electron chi connectivity index (χ4n) is 1.90. The van der Waals surface area contributed by atoms with Gasteiger partial charge in [0.2, 0.25) is 0 Å². The predicted octanol–water partition coefficient (Wildman–Crippen LogP) is 3.05. The smallest absolute Gasteiger partial charge is 0.316 e. The monoisotopic (exact) mass is 294 g/mol. The first kappa shape index (κ1) is 14.4. The number of rotatable bonds is 4. The van der Waals surface area contributed by atoms with Crippen molar-refractivity contribution in [1.29, 1.82) is 0 Å². The minimum absolute atomic E-state index is 0.0152. The number of hydrogen-bond donors (Lipinski definition) is 0. The standard InChI is InChI=1S/C13H14N2O4S/c1-4-19-12(16)13(2,3)11-9-7-8(15(17)18)5-6-10(9)14-20-11/h5-7H,4H2,1-3H3. The van der Waals surface area contributed by atoms with E-state index in [1.165, 1.54) is 23.7 Å². The van der Waals surface area contributed by atoms with Gasteiger partial charge in [-0.1, -0.05) is 0 Å². The van der Waals surface area contributed by atoms with E-state index in [2.05, 4.69) is 4.37 Å². The Bertz CT molecular complexity index is 678. The molecule has 0 aliphatic heterocycles. The maximum absolute atomic E-state index is 12.0. The third-order valence-corrected chi connectivity index (χ3v) is 4.23. The number of aromatic nitrogens is 1. The molecule has 0 atom stereocenters. The second kappa shape index (κ2) is 5.16. The molecule has 106 valence electrons. The van der Waals surface area contributed by atoms with Crippen LogP contribution in [0.5, 0.6) is 0 Å². The van der Waals surface area contributed by atoms with Crippen molar-refractivity contribution in [3.05, 3.63) is 33.2 Å². The molecule has 1 aromatic heterocycles. The average molecular weight is 294 g/mol. The number of nitrogens with zero attached hydrogens (tertiary/aromatic N) is 2. The second-order valence-corrected chi connectivity index (χ2v) is 5.59. The second-order valence-electron chi connectivity index (χ2n) is 4.82. The number of non-ortho nitro benzene ring substituents is 1. The Hall–Kier alpha value is -2.02. The number of fused-ring (bicyclic) bond motifs is 1. The Labute approximate surface area is 119 Å². The minimum Gasteiger partial charge on any atom is -0.465 e. The molecule has 7 heteroatoms. The molecule has 1 heterocycles. The van der Waals surface area contributed by atoms with Gasteiger partial charge in [-0.3, -0.25) is 14.9 Å². The van der Waals surface area contributed by atoms with Crippen LogP contribution in [0.1, 0.15) is 25.6 Å². The van der Waals surface area contributed by atoms with E-state index >= 15 is 0 Å². The van der Waals surface area contributed by atoms with Crippen LogP contribution in [-0.2, 0) is 14.9 Å². The molecule has 2 rings (SSSR count). The van der Waals surface area contributed by atoms with Crippen molar-refractivity contribution in [2.75, 3.05) is 6.61 Å². The van der Waals surface area contributed by atoms with E-state index in [-0.39, 0.29) is 11.7 Å². The van der Waals surface area contributed by atoms with E-state index in [9.17, 15) is 14.9 Å². The molecule has 0 aliphatic rings. The molecule has 0 saturated heterocycles. The highest BCUT2D eigenvalue weighted by atomic mass is 32.1. The number of ether oxygens (including phenoxy) is 1. The van der Waals surface area contributed by atoms with Gasteiger partial charge < -0.3 is 4.74 Å². The normalized spacial score (nSPS) is 11.6. The summed E-state index contributed by atoms with van der Waals surface area (Å²) in [5.74, 6) is -0.364. The van der Waals surface area contributed by atoms with Crippen LogP contribution in [0, 0.1) is 10.1 Å². The molecule has 0 unspecified atom stereocenters. The van der Waals surface area contributed by atoms with Crippen molar-refractivity contribution in [3.63, 3.8) is 0 Å². The lowest BCUT2D eigenvalue weighted by Crippen LogP contribution is -2.30. The lowest BCUT2D eigenvalue weighted by molar-refractivity contribution is -0.384. The van der Waals surface area contributed by atoms with Gasteiger partial charge in [-0.2, -0.15) is 4.37 Å². The molecule has 0 radical (unpaired) electrons. The zero-order chi connectivity index (χ0) is 14.9. The lowest BCUT2D eigenvalue weighted by Gasteiger charge is -2.20. The van der Waals surface area contributed by atoms with Crippen molar-refractivity contribution >= 4 is 34.1 Å². The van der Waals surface area contributed by atoms with Crippen LogP contribution in [-0.4, -0.2) is 21.9 Å². The largest absolute Gasteiger partial charge is 0.465 e. The number of carbonyl (C=O) groups is 1. The fraction of sp³-hybridized carbons (Fsp3) is 0.385. The molecule has 0 spiro atoms. The first-order chi connectivity index (χ1) is 9.37. The maximum Gasteiger partial charge on any atom is 0.316 e. The molecule has 0 amide bonds. The summed E-state index contributed by atoms with van der Waals surface area (Å²) in [6.45, 7) is 5.50. The highest BCUT2D eigenvalue weighted by molar-refractivity contribution is 7.07. The van der Waals surface area contributed by atoms with E-state index in [1.54, 1.807) is 26.8 Å². The number of esters is 1. The molecule has 0 bridgehead atoms. The zero-order valence-corrected chi connectivity index (χ0v) is 12.2. The van der Waals surface area contributed by atoms with Gasteiger partial charge in [-0.05, 0) is 38.4 Å². The fourth-order valence-corrected chi connectivity index (χ4v) is 2.82. The van der Waals surface area contributed by atoms with Gasteiger partial charge in [0.25, 0.3) is 5.69 Å². The molecule has 0 saturated carbocycles. The van der Waals surface area contributed by atoms with Gasteiger partial charge in [0.05, 0.1) is 27.3 Å². The van der Waals surface area contributed by atoms with E-state index in [0.29, 0.717) is 22.4 Å². The summed E-state index contributed by atoms with van der Waals surface area (Å²) in [6, 6.07) is 4.45. The van der Waals surface area contributed by atoms with E-state index < -0.39 is 10.3 Å². The average Bonchev–Trinajstić information content (AvgIpc) is 2.82. The van der Waals surface area contributed by atoms with Gasteiger partial charge in [-0.25, -0.2) is 0 Å². The van der Waals surface area contributed by atoms with E-state index in [4.69, 9.17) is 4.74 Å². The van der Waals surface area contributed by atoms with Crippen LogP contribution in [0.2, 0.25) is 0 Å². The molecule has 6 nitrogen and oxygen atoms in total. The van der Waals surface area contributed by atoms with E-state index in [1.807, 2.05) is 0 Å². The van der Waals surface area contributed by atoms with Crippen LogP contribution < -0.4 is 0 Å². The van der Waals surface area contributed by atoms with Crippen molar-refractivity contribution in [2.45, 2.75) is 26.2 Å². The van der Waals surface area contributed by atoms with Crippen LogP contribution in [0.3, 0.4) is 0 Å². The quantitative estimate of drug-likeness (QED) is 0.491. The summed E-state index contributed by atoms with van der Waals surface area (Å²) in [6.07, 6.45) is 0. The summed E-state index contributed by atoms with van der Waals surface area (Å²) in [7, 11) is 0. The van der Waals surface area contributed by atoms with Gasteiger partial charge in [-0.15, -0.1) is 0 Å². The molecule has 2 aromatic rings. The summed E-state index contributed by atoms with van der Waals surface area (Å²) in [5.41, 5.74) is -0.253. The van der Waals surface area contributed by atoms with Crippen molar-refractivity contribution in [1.82, 2.24) is 4.37 Å². The van der Waals surface area contributed by atoms with Crippen LogP contribution in [0.25, 0.3) is 10.9 Å². The van der Waals surface area contributed by atoms with Crippen molar-refractivity contribution in [3.8, 4) is 0 Å². The Kier molecular flexibility index (Phi) is 3.71. The Morgan fingerprint density at radius 3 is 2.80 bits per heavy atom. The number of hydrogen-bond acceptors (Lipinski definition) is 6. The Morgan fingerprint density at radius 1 is 1.50 bits per heavy atom. The van der Waals surface area contributed by atoms with Gasteiger partial charge in [0, 0.05) is 17.5 Å². The van der Waals surface area contributed by atoms with Crippen LogP contribution >= 0.6 is 11.5 Å².